The number of carbonyl (C=O) groups excluding carboxylic acids is 2. The molecule has 0 radical (unpaired) electrons. The summed E-state index contributed by atoms with van der Waals surface area (Å²) >= 11 is 19.0. The monoisotopic (exact) mass is 513 g/mol. The van der Waals surface area contributed by atoms with Crippen molar-refractivity contribution in [3.8, 4) is 0 Å². The quantitative estimate of drug-likeness (QED) is 0.332. The van der Waals surface area contributed by atoms with Gasteiger partial charge < -0.3 is 10.1 Å². The first-order valence-electron chi connectivity index (χ1n) is 7.46. The van der Waals surface area contributed by atoms with Crippen LogP contribution in [0, 0.1) is 15.4 Å². The molecule has 1 aliphatic rings. The maximum Gasteiger partial charge on any atom is 0.310 e. The van der Waals surface area contributed by atoms with Crippen LogP contribution in [0.4, 0.5) is 5.69 Å². The summed E-state index contributed by atoms with van der Waals surface area (Å²) in [6, 6.07) is 7.43. The van der Waals surface area contributed by atoms with Crippen LogP contribution in [0.5, 0.6) is 0 Å². The van der Waals surface area contributed by atoms with Crippen LogP contribution in [0.3, 0.4) is 0 Å². The number of ether oxygens (including phenoxy) is 1. The van der Waals surface area contributed by atoms with Gasteiger partial charge in [-0.2, -0.15) is 0 Å². The van der Waals surface area contributed by atoms with Gasteiger partial charge in [0.15, 0.2) is 0 Å². The van der Waals surface area contributed by atoms with E-state index in [1.165, 1.54) is 0 Å². The minimum absolute atomic E-state index is 0.0444. The van der Waals surface area contributed by atoms with Crippen molar-refractivity contribution in [2.75, 3.05) is 11.9 Å². The Kier molecular flexibility index (Phi) is 8.06. The van der Waals surface area contributed by atoms with E-state index in [-0.39, 0.29) is 22.0 Å². The van der Waals surface area contributed by atoms with Crippen molar-refractivity contribution in [2.24, 2.45) is 11.8 Å². The number of esters is 1. The fourth-order valence-electron chi connectivity index (χ4n) is 2.43. The molecule has 134 valence electrons. The maximum absolute atomic E-state index is 12.6. The van der Waals surface area contributed by atoms with Crippen LogP contribution in [0.15, 0.2) is 45.9 Å². The number of allylic oxidation sites excluding steroid dienone is 2. The predicted octanol–water partition coefficient (Wildman–Crippen LogP) is 5.24. The molecule has 1 N–H and O–H groups in total. The molecule has 0 spiro atoms. The largest absolute Gasteiger partial charge is 0.460 e. The highest BCUT2D eigenvalue weighted by Crippen LogP contribution is 2.29. The van der Waals surface area contributed by atoms with Crippen LogP contribution in [0.2, 0.25) is 0 Å². The van der Waals surface area contributed by atoms with Gasteiger partial charge in [-0.25, -0.2) is 0 Å². The molecule has 2 atom stereocenters. The van der Waals surface area contributed by atoms with E-state index >= 15 is 0 Å². The summed E-state index contributed by atoms with van der Waals surface area (Å²) in [7, 11) is 0. The average molecular weight is 515 g/mol. The number of carbonyl (C=O) groups is 2. The minimum atomic E-state index is -0.576. The standard InChI is InChI=1S/C17H15Cl3INO3/c18-14(15(19)20)9-25-17(24)13-4-2-1-3-12(13)16(23)22-11-7-5-10(21)6-8-11/h1-2,5-8,12-13H,3-4,9H2,(H,22,23)/t12-,13-/m1/s1. The molecule has 1 aromatic carbocycles. The summed E-state index contributed by atoms with van der Waals surface area (Å²) in [4.78, 5) is 24.9. The lowest BCUT2D eigenvalue weighted by Crippen LogP contribution is -2.36. The lowest BCUT2D eigenvalue weighted by molar-refractivity contribution is -0.151. The summed E-state index contributed by atoms with van der Waals surface area (Å²) in [6.07, 6.45) is 4.66. The van der Waals surface area contributed by atoms with Crippen molar-refractivity contribution in [3.63, 3.8) is 0 Å². The Morgan fingerprint density at radius 3 is 2.28 bits per heavy atom. The first-order valence-corrected chi connectivity index (χ1v) is 9.67. The van der Waals surface area contributed by atoms with Gasteiger partial charge in [0.2, 0.25) is 5.91 Å². The summed E-state index contributed by atoms with van der Waals surface area (Å²) in [5, 5.41) is 2.89. The molecule has 0 saturated heterocycles. The van der Waals surface area contributed by atoms with Gasteiger partial charge >= 0.3 is 5.97 Å². The molecule has 1 amide bonds. The molecule has 8 heteroatoms. The van der Waals surface area contributed by atoms with Crippen molar-refractivity contribution in [3.05, 3.63) is 49.5 Å². The second kappa shape index (κ2) is 9.80. The highest BCUT2D eigenvalue weighted by Gasteiger charge is 2.35. The topological polar surface area (TPSA) is 55.4 Å². The molecule has 1 aliphatic carbocycles. The fraction of sp³-hybridized carbons (Fsp3) is 0.294. The van der Waals surface area contributed by atoms with Gasteiger partial charge in [0.1, 0.15) is 11.1 Å². The molecule has 4 nitrogen and oxygen atoms in total. The van der Waals surface area contributed by atoms with Crippen LogP contribution in [0.1, 0.15) is 12.8 Å². The normalized spacial score (nSPS) is 19.2. The first-order chi connectivity index (χ1) is 11.9. The molecule has 0 unspecified atom stereocenters. The molecule has 0 aliphatic heterocycles. The van der Waals surface area contributed by atoms with E-state index in [0.29, 0.717) is 18.5 Å². The van der Waals surface area contributed by atoms with Crippen LogP contribution >= 0.6 is 57.4 Å². The minimum Gasteiger partial charge on any atom is -0.460 e. The number of rotatable bonds is 5. The van der Waals surface area contributed by atoms with Crippen molar-refractivity contribution in [2.45, 2.75) is 12.8 Å². The Balaban J connectivity index is 2.03. The number of hydrogen-bond donors (Lipinski definition) is 1. The molecular weight excluding hydrogens is 499 g/mol. The van der Waals surface area contributed by atoms with Gasteiger partial charge in [-0.3, -0.25) is 9.59 Å². The molecule has 0 heterocycles. The average Bonchev–Trinajstić information content (AvgIpc) is 2.61. The zero-order valence-electron chi connectivity index (χ0n) is 13.0. The molecule has 0 bridgehead atoms. The molecular formula is C17H15Cl3INO3. The third kappa shape index (κ3) is 6.16. The summed E-state index contributed by atoms with van der Waals surface area (Å²) < 4.78 is 6.06. The van der Waals surface area contributed by atoms with Crippen LogP contribution in [-0.2, 0) is 14.3 Å². The second-order valence-electron chi connectivity index (χ2n) is 5.42. The predicted molar refractivity (Wildman–Crippen MR) is 109 cm³/mol. The van der Waals surface area contributed by atoms with Crippen molar-refractivity contribution >= 4 is 75.0 Å². The summed E-state index contributed by atoms with van der Waals surface area (Å²) in [5.41, 5.74) is 0.687. The van der Waals surface area contributed by atoms with E-state index in [2.05, 4.69) is 27.9 Å². The zero-order chi connectivity index (χ0) is 18.4. The number of nitrogens with one attached hydrogen (secondary N) is 1. The Labute approximate surface area is 174 Å². The second-order valence-corrected chi connectivity index (χ2v) is 8.08. The fourth-order valence-corrected chi connectivity index (χ4v) is 2.95. The molecule has 0 saturated carbocycles. The molecule has 0 fully saturated rings. The molecule has 0 aromatic heterocycles. The van der Waals surface area contributed by atoms with Crippen LogP contribution in [0.25, 0.3) is 0 Å². The lowest BCUT2D eigenvalue weighted by atomic mass is 9.82. The Morgan fingerprint density at radius 1 is 1.08 bits per heavy atom. The van der Waals surface area contributed by atoms with Gasteiger partial charge in [0, 0.05) is 9.26 Å². The van der Waals surface area contributed by atoms with Gasteiger partial charge in [0.25, 0.3) is 0 Å². The number of hydrogen-bond acceptors (Lipinski definition) is 3. The van der Waals surface area contributed by atoms with E-state index in [0.717, 1.165) is 3.57 Å². The summed E-state index contributed by atoms with van der Waals surface area (Å²) in [6.45, 7) is -0.214. The third-order valence-electron chi connectivity index (χ3n) is 3.73. The van der Waals surface area contributed by atoms with Gasteiger partial charge in [0.05, 0.1) is 16.9 Å². The van der Waals surface area contributed by atoms with E-state index in [4.69, 9.17) is 39.5 Å². The zero-order valence-corrected chi connectivity index (χ0v) is 17.4. The van der Waals surface area contributed by atoms with Crippen LogP contribution < -0.4 is 5.32 Å². The number of anilines is 1. The van der Waals surface area contributed by atoms with Crippen molar-refractivity contribution in [1.29, 1.82) is 0 Å². The molecule has 2 rings (SSSR count). The number of benzene rings is 1. The lowest BCUT2D eigenvalue weighted by Gasteiger charge is -2.26. The Morgan fingerprint density at radius 2 is 1.68 bits per heavy atom. The van der Waals surface area contributed by atoms with Gasteiger partial charge in [-0.1, -0.05) is 47.0 Å². The summed E-state index contributed by atoms with van der Waals surface area (Å²) in [5.74, 6) is -1.80. The Hall–Kier alpha value is -0.760. The number of amides is 1. The highest BCUT2D eigenvalue weighted by molar-refractivity contribution is 14.1. The first kappa shape index (κ1) is 20.6. The van der Waals surface area contributed by atoms with E-state index in [9.17, 15) is 9.59 Å². The highest BCUT2D eigenvalue weighted by atomic mass is 127. The van der Waals surface area contributed by atoms with E-state index < -0.39 is 17.8 Å². The smallest absolute Gasteiger partial charge is 0.310 e. The van der Waals surface area contributed by atoms with E-state index in [1.807, 2.05) is 36.4 Å². The van der Waals surface area contributed by atoms with Gasteiger partial charge in [-0.15, -0.1) is 0 Å². The van der Waals surface area contributed by atoms with Crippen molar-refractivity contribution in [1.82, 2.24) is 0 Å². The Bertz CT molecular complexity index is 700. The maximum atomic E-state index is 12.6. The number of halogens is 4. The van der Waals surface area contributed by atoms with Crippen molar-refractivity contribution < 1.29 is 14.3 Å². The van der Waals surface area contributed by atoms with E-state index in [1.54, 1.807) is 0 Å². The molecule has 25 heavy (non-hydrogen) atoms. The third-order valence-corrected chi connectivity index (χ3v) is 5.40. The SMILES string of the molecule is O=C(Nc1ccc(I)cc1)[C@@H]1CC=CC[C@H]1C(=O)OCC(Cl)=C(Cl)Cl. The molecule has 1 aromatic rings. The van der Waals surface area contributed by atoms with Crippen LogP contribution in [-0.4, -0.2) is 18.5 Å². The van der Waals surface area contributed by atoms with Gasteiger partial charge in [-0.05, 0) is 59.7 Å².